The number of hydrogen-bond donors (Lipinski definition) is 0. The van der Waals surface area contributed by atoms with E-state index in [0.717, 1.165) is 45.0 Å². The highest BCUT2D eigenvalue weighted by atomic mass is 79.9. The van der Waals surface area contributed by atoms with E-state index in [4.69, 9.17) is 0 Å². The average Bonchev–Trinajstić information content (AvgIpc) is 3.16. The quantitative estimate of drug-likeness (QED) is 0.509. The molecule has 0 saturated carbocycles. The number of likely N-dealkylation sites (tertiary alicyclic amines) is 1. The fourth-order valence-electron chi connectivity index (χ4n) is 2.95. The summed E-state index contributed by atoms with van der Waals surface area (Å²) in [5.74, 6) is 0.0582. The summed E-state index contributed by atoms with van der Waals surface area (Å²) in [6, 6.07) is 3.99. The normalized spacial score (nSPS) is 15.3. The summed E-state index contributed by atoms with van der Waals surface area (Å²) in [5.41, 5.74) is 1.82. The Morgan fingerprint density at radius 3 is 2.59 bits per heavy atom. The van der Waals surface area contributed by atoms with E-state index in [1.807, 2.05) is 24.5 Å². The molecule has 1 saturated heterocycles. The fourth-order valence-corrected chi connectivity index (χ4v) is 4.04. The number of allylic oxidation sites excluding steroid dienone is 1. The van der Waals surface area contributed by atoms with Crippen LogP contribution in [-0.2, 0) is 6.54 Å². The summed E-state index contributed by atoms with van der Waals surface area (Å²) in [7, 11) is 0. The molecule has 116 valence electrons. The Labute approximate surface area is 147 Å². The van der Waals surface area contributed by atoms with Crippen LogP contribution in [-0.4, -0.2) is 28.3 Å². The van der Waals surface area contributed by atoms with E-state index in [0.29, 0.717) is 0 Å². The second-order valence-electron chi connectivity index (χ2n) is 5.50. The maximum absolute atomic E-state index is 12.6. The lowest BCUT2D eigenvalue weighted by molar-refractivity contribution is 0.104. The van der Waals surface area contributed by atoms with E-state index in [2.05, 4.69) is 48.3 Å². The Morgan fingerprint density at radius 1 is 1.23 bits per heavy atom. The number of hydrogen-bond acceptors (Lipinski definition) is 2. The van der Waals surface area contributed by atoms with Crippen molar-refractivity contribution >= 4 is 48.5 Å². The predicted molar refractivity (Wildman–Crippen MR) is 97.3 cm³/mol. The van der Waals surface area contributed by atoms with Gasteiger partial charge in [-0.1, -0.05) is 15.9 Å². The first kappa shape index (κ1) is 15.8. The highest BCUT2D eigenvalue weighted by molar-refractivity contribution is 9.11. The molecule has 1 aromatic carbocycles. The SMILES string of the molecule is CCn1cc(C(=O)/C=C/N2CCCC2)c2c(Br)ccc(Br)c21. The van der Waals surface area contributed by atoms with Gasteiger partial charge in [0.15, 0.2) is 5.78 Å². The van der Waals surface area contributed by atoms with Crippen LogP contribution in [0, 0.1) is 0 Å². The van der Waals surface area contributed by atoms with Gasteiger partial charge in [0.05, 0.1) is 5.52 Å². The molecule has 0 unspecified atom stereocenters. The van der Waals surface area contributed by atoms with Crippen LogP contribution in [0.3, 0.4) is 0 Å². The van der Waals surface area contributed by atoms with E-state index < -0.39 is 0 Å². The van der Waals surface area contributed by atoms with E-state index in [1.54, 1.807) is 6.08 Å². The standard InChI is InChI=1S/C17H18Br2N2O/c1-2-21-11-12(15(22)7-10-20-8-3-4-9-20)16-13(18)5-6-14(19)17(16)21/h5-7,10-11H,2-4,8-9H2,1H3/b10-7+. The Hall–Kier alpha value is -1.07. The van der Waals surface area contributed by atoms with Gasteiger partial charge in [-0.3, -0.25) is 4.79 Å². The highest BCUT2D eigenvalue weighted by Gasteiger charge is 2.18. The topological polar surface area (TPSA) is 25.2 Å². The van der Waals surface area contributed by atoms with Gasteiger partial charge in [-0.2, -0.15) is 0 Å². The molecule has 0 atom stereocenters. The van der Waals surface area contributed by atoms with Crippen molar-refractivity contribution in [3.8, 4) is 0 Å². The number of aromatic nitrogens is 1. The largest absolute Gasteiger partial charge is 0.377 e. The van der Waals surface area contributed by atoms with Crippen LogP contribution in [0.4, 0.5) is 0 Å². The van der Waals surface area contributed by atoms with Crippen LogP contribution in [0.25, 0.3) is 10.9 Å². The second-order valence-corrected chi connectivity index (χ2v) is 7.21. The lowest BCUT2D eigenvalue weighted by Gasteiger charge is -2.09. The maximum Gasteiger partial charge on any atom is 0.189 e. The number of nitrogens with zero attached hydrogens (tertiary/aromatic N) is 2. The van der Waals surface area contributed by atoms with Crippen LogP contribution in [0.5, 0.6) is 0 Å². The van der Waals surface area contributed by atoms with E-state index in [1.165, 1.54) is 12.8 Å². The predicted octanol–water partition coefficient (Wildman–Crippen LogP) is 4.98. The third-order valence-electron chi connectivity index (χ3n) is 4.10. The molecule has 0 radical (unpaired) electrons. The molecule has 3 nitrogen and oxygen atoms in total. The molecule has 0 bridgehead atoms. The van der Waals surface area contributed by atoms with Gasteiger partial charge in [-0.15, -0.1) is 0 Å². The van der Waals surface area contributed by atoms with Crippen molar-refractivity contribution in [2.75, 3.05) is 13.1 Å². The summed E-state index contributed by atoms with van der Waals surface area (Å²) in [4.78, 5) is 14.9. The number of carbonyl (C=O) groups is 1. The first-order chi connectivity index (χ1) is 10.6. The third-order valence-corrected chi connectivity index (χ3v) is 5.40. The maximum atomic E-state index is 12.6. The molecule has 2 aromatic rings. The summed E-state index contributed by atoms with van der Waals surface area (Å²) >= 11 is 7.19. The number of carbonyl (C=O) groups excluding carboxylic acids is 1. The molecular formula is C17H18Br2N2O. The van der Waals surface area contributed by atoms with Crippen molar-refractivity contribution in [3.63, 3.8) is 0 Å². The Bertz CT molecular complexity index is 743. The molecule has 0 aliphatic carbocycles. The van der Waals surface area contributed by atoms with Gasteiger partial charge in [-0.25, -0.2) is 0 Å². The number of benzene rings is 1. The zero-order chi connectivity index (χ0) is 15.7. The van der Waals surface area contributed by atoms with Crippen molar-refractivity contribution in [2.45, 2.75) is 26.3 Å². The fraction of sp³-hybridized carbons (Fsp3) is 0.353. The Kier molecular flexibility index (Phi) is 4.73. The second kappa shape index (κ2) is 6.59. The van der Waals surface area contributed by atoms with Gasteiger partial charge in [0, 0.05) is 58.0 Å². The van der Waals surface area contributed by atoms with E-state index in [-0.39, 0.29) is 5.78 Å². The van der Waals surface area contributed by atoms with Crippen LogP contribution >= 0.6 is 31.9 Å². The lowest BCUT2D eigenvalue weighted by atomic mass is 10.1. The molecule has 3 rings (SSSR count). The van der Waals surface area contributed by atoms with Crippen molar-refractivity contribution in [2.24, 2.45) is 0 Å². The zero-order valence-corrected chi connectivity index (χ0v) is 15.7. The Morgan fingerprint density at radius 2 is 1.91 bits per heavy atom. The zero-order valence-electron chi connectivity index (χ0n) is 12.5. The van der Waals surface area contributed by atoms with Gasteiger partial charge >= 0.3 is 0 Å². The molecule has 1 aliphatic heterocycles. The van der Waals surface area contributed by atoms with Gasteiger partial charge < -0.3 is 9.47 Å². The lowest BCUT2D eigenvalue weighted by Crippen LogP contribution is -2.11. The van der Waals surface area contributed by atoms with Crippen molar-refractivity contribution in [3.05, 3.63) is 45.1 Å². The number of aryl methyl sites for hydroxylation is 1. The van der Waals surface area contributed by atoms with Crippen LogP contribution in [0.1, 0.15) is 30.1 Å². The summed E-state index contributed by atoms with van der Waals surface area (Å²) < 4.78 is 4.08. The molecule has 0 N–H and O–H groups in total. The molecule has 1 aromatic heterocycles. The smallest absolute Gasteiger partial charge is 0.189 e. The van der Waals surface area contributed by atoms with Gasteiger partial charge in [0.1, 0.15) is 0 Å². The minimum Gasteiger partial charge on any atom is -0.377 e. The summed E-state index contributed by atoms with van der Waals surface area (Å²) in [6.07, 6.45) is 8.03. The number of halogens is 2. The van der Waals surface area contributed by atoms with Crippen LogP contribution in [0.2, 0.25) is 0 Å². The van der Waals surface area contributed by atoms with Crippen LogP contribution < -0.4 is 0 Å². The molecule has 1 aliphatic rings. The molecule has 1 fully saturated rings. The van der Waals surface area contributed by atoms with Gasteiger partial charge in [-0.05, 0) is 47.8 Å². The van der Waals surface area contributed by atoms with Crippen molar-refractivity contribution < 1.29 is 4.79 Å². The van der Waals surface area contributed by atoms with Crippen LogP contribution in [0.15, 0.2) is 39.6 Å². The number of ketones is 1. The van der Waals surface area contributed by atoms with Gasteiger partial charge in [0.25, 0.3) is 0 Å². The van der Waals surface area contributed by atoms with E-state index >= 15 is 0 Å². The summed E-state index contributed by atoms with van der Waals surface area (Å²) in [5, 5.41) is 0.979. The highest BCUT2D eigenvalue weighted by Crippen LogP contribution is 2.34. The van der Waals surface area contributed by atoms with E-state index in [9.17, 15) is 4.79 Å². The minimum atomic E-state index is 0.0582. The Balaban J connectivity index is 2.03. The third kappa shape index (κ3) is 2.88. The molecular weight excluding hydrogens is 408 g/mol. The minimum absolute atomic E-state index is 0.0582. The average molecular weight is 426 g/mol. The molecule has 2 heterocycles. The first-order valence-electron chi connectivity index (χ1n) is 7.55. The molecule has 22 heavy (non-hydrogen) atoms. The number of rotatable bonds is 4. The van der Waals surface area contributed by atoms with Gasteiger partial charge in [0.2, 0.25) is 0 Å². The molecule has 0 amide bonds. The summed E-state index contributed by atoms with van der Waals surface area (Å²) in [6.45, 7) is 5.02. The molecule has 5 heteroatoms. The number of fused-ring (bicyclic) bond motifs is 1. The van der Waals surface area contributed by atoms with Crippen molar-refractivity contribution in [1.82, 2.24) is 9.47 Å². The molecule has 0 spiro atoms. The van der Waals surface area contributed by atoms with Crippen molar-refractivity contribution in [1.29, 1.82) is 0 Å². The first-order valence-corrected chi connectivity index (χ1v) is 9.14. The monoisotopic (exact) mass is 424 g/mol.